The molecule has 4 aromatic rings. The Kier molecular flexibility index (Phi) is 3.78. The molecule has 0 aliphatic rings. The van der Waals surface area contributed by atoms with E-state index in [1.54, 1.807) is 6.07 Å². The predicted molar refractivity (Wildman–Crippen MR) is 91.5 cm³/mol. The third kappa shape index (κ3) is 3.02. The highest BCUT2D eigenvalue weighted by Crippen LogP contribution is 2.23. The smallest absolute Gasteiger partial charge is 0.267 e. The summed E-state index contributed by atoms with van der Waals surface area (Å²) in [6, 6.07) is 9.15. The van der Waals surface area contributed by atoms with Gasteiger partial charge in [-0.2, -0.15) is 9.78 Å². The summed E-state index contributed by atoms with van der Waals surface area (Å²) in [5, 5.41) is 22.7. The first-order valence-electron chi connectivity index (χ1n) is 7.32. The fraction of sp³-hybridized carbons (Fsp3) is 0.0667. The number of hydrogen-bond acceptors (Lipinski definition) is 7. The van der Waals surface area contributed by atoms with Crippen LogP contribution in [0.15, 0.2) is 42.0 Å². The first-order chi connectivity index (χ1) is 12.2. The molecule has 0 saturated carbocycles. The minimum Gasteiger partial charge on any atom is -0.321 e. The van der Waals surface area contributed by atoms with Gasteiger partial charge in [-0.1, -0.05) is 12.1 Å². The zero-order chi connectivity index (χ0) is 17.2. The standard InChI is InChI=1S/C15H12N8OS/c1-9-17-14(20-19-9)10-3-2-4-11(7-10)18-15(24)13-12(5-6-25-13)23-8-16-21-22-23/h2-8H,1H3,(H,18,24)(H,17,19,20). The fourth-order valence-corrected chi connectivity index (χ4v) is 3.09. The van der Waals surface area contributed by atoms with Crippen molar-refractivity contribution in [2.24, 2.45) is 0 Å². The summed E-state index contributed by atoms with van der Waals surface area (Å²) < 4.78 is 1.46. The number of carbonyl (C=O) groups excluding carboxylic acids is 1. The largest absolute Gasteiger partial charge is 0.321 e. The van der Waals surface area contributed by atoms with Crippen LogP contribution in [0.1, 0.15) is 15.5 Å². The van der Waals surface area contributed by atoms with Crippen LogP contribution in [0.25, 0.3) is 17.1 Å². The quantitative estimate of drug-likeness (QED) is 0.581. The van der Waals surface area contributed by atoms with E-state index in [9.17, 15) is 4.79 Å². The zero-order valence-electron chi connectivity index (χ0n) is 13.0. The zero-order valence-corrected chi connectivity index (χ0v) is 13.9. The number of nitrogens with zero attached hydrogens (tertiary/aromatic N) is 6. The maximum Gasteiger partial charge on any atom is 0.267 e. The average molecular weight is 352 g/mol. The normalized spacial score (nSPS) is 10.8. The monoisotopic (exact) mass is 352 g/mol. The Labute approximate surface area is 145 Å². The van der Waals surface area contributed by atoms with Crippen LogP contribution in [0.4, 0.5) is 5.69 Å². The van der Waals surface area contributed by atoms with E-state index in [1.165, 1.54) is 22.3 Å². The number of aromatic amines is 1. The van der Waals surface area contributed by atoms with Crippen molar-refractivity contribution < 1.29 is 4.79 Å². The van der Waals surface area contributed by atoms with Gasteiger partial charge < -0.3 is 5.32 Å². The Bertz CT molecular complexity index is 1020. The van der Waals surface area contributed by atoms with Gasteiger partial charge in [0, 0.05) is 11.3 Å². The molecule has 3 aromatic heterocycles. The summed E-state index contributed by atoms with van der Waals surface area (Å²) in [5.74, 6) is 1.08. The number of benzene rings is 1. The van der Waals surface area contributed by atoms with E-state index in [2.05, 4.69) is 36.0 Å². The molecule has 10 heteroatoms. The molecule has 0 atom stereocenters. The van der Waals surface area contributed by atoms with Gasteiger partial charge in [0.1, 0.15) is 17.0 Å². The lowest BCUT2D eigenvalue weighted by Gasteiger charge is -2.06. The van der Waals surface area contributed by atoms with Gasteiger partial charge in [0.05, 0.1) is 5.69 Å². The lowest BCUT2D eigenvalue weighted by molar-refractivity contribution is 0.103. The summed E-state index contributed by atoms with van der Waals surface area (Å²) in [4.78, 5) is 17.4. The Morgan fingerprint density at radius 3 is 3.00 bits per heavy atom. The van der Waals surface area contributed by atoms with Gasteiger partial charge in [0.15, 0.2) is 5.82 Å². The van der Waals surface area contributed by atoms with E-state index in [1.807, 2.05) is 36.6 Å². The van der Waals surface area contributed by atoms with Crippen LogP contribution in [0.5, 0.6) is 0 Å². The molecule has 0 fully saturated rings. The molecule has 2 N–H and O–H groups in total. The van der Waals surface area contributed by atoms with Crippen LogP contribution in [0, 0.1) is 6.92 Å². The van der Waals surface area contributed by atoms with Crippen molar-refractivity contribution in [1.82, 2.24) is 35.4 Å². The number of H-pyrrole nitrogens is 1. The van der Waals surface area contributed by atoms with Crippen molar-refractivity contribution in [2.45, 2.75) is 6.92 Å². The molecule has 0 aliphatic heterocycles. The Balaban J connectivity index is 1.59. The molecular formula is C15H12N8OS. The third-order valence-corrected chi connectivity index (χ3v) is 4.32. The van der Waals surface area contributed by atoms with Crippen molar-refractivity contribution in [1.29, 1.82) is 0 Å². The molecule has 25 heavy (non-hydrogen) atoms. The Hall–Kier alpha value is -3.40. The van der Waals surface area contributed by atoms with Crippen molar-refractivity contribution in [2.75, 3.05) is 5.32 Å². The van der Waals surface area contributed by atoms with Gasteiger partial charge in [0.2, 0.25) is 0 Å². The number of aryl methyl sites for hydroxylation is 1. The molecule has 4 rings (SSSR count). The van der Waals surface area contributed by atoms with E-state index in [0.29, 0.717) is 22.1 Å². The second-order valence-electron chi connectivity index (χ2n) is 5.17. The van der Waals surface area contributed by atoms with Gasteiger partial charge >= 0.3 is 0 Å². The number of thiophene rings is 1. The maximum absolute atomic E-state index is 12.6. The van der Waals surface area contributed by atoms with Gasteiger partial charge in [-0.25, -0.2) is 4.98 Å². The predicted octanol–water partition coefficient (Wildman–Crippen LogP) is 2.07. The number of rotatable bonds is 4. The molecule has 3 heterocycles. The number of carbonyl (C=O) groups is 1. The Morgan fingerprint density at radius 1 is 1.32 bits per heavy atom. The molecule has 0 aliphatic carbocycles. The highest BCUT2D eigenvalue weighted by Gasteiger charge is 2.16. The van der Waals surface area contributed by atoms with E-state index in [0.717, 1.165) is 11.4 Å². The van der Waals surface area contributed by atoms with Crippen LogP contribution in [-0.2, 0) is 0 Å². The van der Waals surface area contributed by atoms with Crippen molar-refractivity contribution >= 4 is 22.9 Å². The van der Waals surface area contributed by atoms with Crippen molar-refractivity contribution in [3.8, 4) is 17.1 Å². The second kappa shape index (κ2) is 6.24. The maximum atomic E-state index is 12.6. The van der Waals surface area contributed by atoms with E-state index in [4.69, 9.17) is 0 Å². The fourth-order valence-electron chi connectivity index (χ4n) is 2.32. The number of amides is 1. The molecule has 9 nitrogen and oxygen atoms in total. The number of anilines is 1. The van der Waals surface area contributed by atoms with Crippen LogP contribution in [0.2, 0.25) is 0 Å². The van der Waals surface area contributed by atoms with Gasteiger partial charge in [-0.3, -0.25) is 9.89 Å². The first-order valence-corrected chi connectivity index (χ1v) is 8.20. The first kappa shape index (κ1) is 15.1. The summed E-state index contributed by atoms with van der Waals surface area (Å²) in [6.45, 7) is 1.83. The molecule has 0 radical (unpaired) electrons. The number of aromatic nitrogens is 7. The lowest BCUT2D eigenvalue weighted by Crippen LogP contribution is -2.13. The molecule has 0 saturated heterocycles. The number of nitrogens with one attached hydrogen (secondary N) is 2. The van der Waals surface area contributed by atoms with Crippen LogP contribution in [-0.4, -0.2) is 41.3 Å². The molecule has 1 aromatic carbocycles. The van der Waals surface area contributed by atoms with Gasteiger partial charge in [0.25, 0.3) is 5.91 Å². The van der Waals surface area contributed by atoms with Gasteiger partial charge in [-0.05, 0) is 40.9 Å². The van der Waals surface area contributed by atoms with Crippen molar-refractivity contribution in [3.05, 3.63) is 52.7 Å². The SMILES string of the molecule is Cc1nc(-c2cccc(NC(=O)c3sccc3-n3cnnn3)c2)n[nH]1. The summed E-state index contributed by atoms with van der Waals surface area (Å²) in [6.07, 6.45) is 1.45. The molecule has 1 amide bonds. The van der Waals surface area contributed by atoms with E-state index < -0.39 is 0 Å². The second-order valence-corrected chi connectivity index (χ2v) is 6.08. The number of hydrogen-bond donors (Lipinski definition) is 2. The highest BCUT2D eigenvalue weighted by molar-refractivity contribution is 7.12. The van der Waals surface area contributed by atoms with E-state index in [-0.39, 0.29) is 5.91 Å². The highest BCUT2D eigenvalue weighted by atomic mass is 32.1. The van der Waals surface area contributed by atoms with E-state index >= 15 is 0 Å². The van der Waals surface area contributed by atoms with Crippen molar-refractivity contribution in [3.63, 3.8) is 0 Å². The molecule has 0 spiro atoms. The average Bonchev–Trinajstić information content (AvgIpc) is 3.36. The van der Waals surface area contributed by atoms with Crippen LogP contribution in [0.3, 0.4) is 0 Å². The molecule has 0 unspecified atom stereocenters. The number of tetrazole rings is 1. The molecule has 0 bridgehead atoms. The summed E-state index contributed by atoms with van der Waals surface area (Å²) >= 11 is 1.32. The van der Waals surface area contributed by atoms with Crippen LogP contribution < -0.4 is 5.32 Å². The molecular weight excluding hydrogens is 340 g/mol. The third-order valence-electron chi connectivity index (χ3n) is 3.42. The lowest BCUT2D eigenvalue weighted by atomic mass is 10.2. The molecule has 124 valence electrons. The Morgan fingerprint density at radius 2 is 2.24 bits per heavy atom. The van der Waals surface area contributed by atoms with Gasteiger partial charge in [-0.15, -0.1) is 16.4 Å². The minimum absolute atomic E-state index is 0.233. The van der Waals surface area contributed by atoms with Crippen LogP contribution >= 0.6 is 11.3 Å². The minimum atomic E-state index is -0.233. The summed E-state index contributed by atoms with van der Waals surface area (Å²) in [7, 11) is 0. The summed E-state index contributed by atoms with van der Waals surface area (Å²) in [5.41, 5.74) is 2.10. The topological polar surface area (TPSA) is 114 Å².